The summed E-state index contributed by atoms with van der Waals surface area (Å²) in [7, 11) is 0. The number of para-hydroxylation sites is 1. The lowest BCUT2D eigenvalue weighted by atomic mass is 10.0. The Balaban J connectivity index is 2.21. The molecular weight excluding hydrogens is 256 g/mol. The summed E-state index contributed by atoms with van der Waals surface area (Å²) in [6.45, 7) is 4.74. The van der Waals surface area contributed by atoms with E-state index in [4.69, 9.17) is 5.11 Å². The zero-order valence-corrected chi connectivity index (χ0v) is 11.8. The second-order valence-corrected chi connectivity index (χ2v) is 5.27. The molecule has 0 spiro atoms. The first kappa shape index (κ1) is 14.4. The number of aliphatic carboxylic acids is 1. The zero-order valence-electron chi connectivity index (χ0n) is 11.8. The molecule has 20 heavy (non-hydrogen) atoms. The van der Waals surface area contributed by atoms with Crippen molar-refractivity contribution in [2.45, 2.75) is 32.4 Å². The van der Waals surface area contributed by atoms with Crippen LogP contribution < -0.4 is 4.90 Å². The van der Waals surface area contributed by atoms with Gasteiger partial charge in [-0.05, 0) is 19.1 Å². The maximum atomic E-state index is 11.8. The molecule has 1 saturated heterocycles. The van der Waals surface area contributed by atoms with Gasteiger partial charge in [0.1, 0.15) is 0 Å². The van der Waals surface area contributed by atoms with Gasteiger partial charge in [0.2, 0.25) is 5.91 Å². The number of carbonyl (C=O) groups excluding carboxylic acids is 1. The summed E-state index contributed by atoms with van der Waals surface area (Å²) in [5.74, 6) is -0.931. The predicted molar refractivity (Wildman–Crippen MR) is 76.7 cm³/mol. The van der Waals surface area contributed by atoms with Crippen LogP contribution in [0.15, 0.2) is 30.3 Å². The first-order valence-electron chi connectivity index (χ1n) is 6.79. The molecule has 0 saturated carbocycles. The second kappa shape index (κ2) is 5.94. The Kier molecular flexibility index (Phi) is 4.27. The minimum atomic E-state index is -0.872. The number of hydrogen-bond donors (Lipinski definition) is 1. The highest BCUT2D eigenvalue weighted by Crippen LogP contribution is 2.24. The molecular formula is C15H20N2O3. The number of amides is 1. The van der Waals surface area contributed by atoms with Crippen LogP contribution in [0.25, 0.3) is 0 Å². The van der Waals surface area contributed by atoms with Crippen molar-refractivity contribution >= 4 is 17.6 Å². The Morgan fingerprint density at radius 1 is 1.25 bits per heavy atom. The third-order valence-electron chi connectivity index (χ3n) is 3.68. The number of anilines is 1. The SMILES string of the molecule is CC(=O)N1[C@H](CC(=O)O)CN(c2ccccc2)C[C@H]1C. The Morgan fingerprint density at radius 2 is 1.90 bits per heavy atom. The molecule has 0 unspecified atom stereocenters. The van der Waals surface area contributed by atoms with Crippen molar-refractivity contribution in [2.75, 3.05) is 18.0 Å². The predicted octanol–water partition coefficient (Wildman–Crippen LogP) is 1.59. The van der Waals surface area contributed by atoms with Gasteiger partial charge in [0.05, 0.1) is 12.5 Å². The lowest BCUT2D eigenvalue weighted by Gasteiger charge is -2.46. The van der Waals surface area contributed by atoms with Crippen molar-refractivity contribution in [1.82, 2.24) is 4.90 Å². The zero-order chi connectivity index (χ0) is 14.7. The summed E-state index contributed by atoms with van der Waals surface area (Å²) in [5.41, 5.74) is 1.07. The van der Waals surface area contributed by atoms with Crippen molar-refractivity contribution in [3.63, 3.8) is 0 Å². The molecule has 1 aliphatic rings. The molecule has 0 aliphatic carbocycles. The number of piperazine rings is 1. The van der Waals surface area contributed by atoms with Gasteiger partial charge in [-0.2, -0.15) is 0 Å². The Bertz CT molecular complexity index is 489. The number of carboxylic acids is 1. The third-order valence-corrected chi connectivity index (χ3v) is 3.68. The molecule has 2 rings (SSSR count). The maximum Gasteiger partial charge on any atom is 0.305 e. The second-order valence-electron chi connectivity index (χ2n) is 5.27. The van der Waals surface area contributed by atoms with Gasteiger partial charge in [-0.1, -0.05) is 18.2 Å². The van der Waals surface area contributed by atoms with E-state index in [1.165, 1.54) is 6.92 Å². The number of carboxylic acid groups (broad SMARTS) is 1. The van der Waals surface area contributed by atoms with Crippen LogP contribution in [0.5, 0.6) is 0 Å². The first-order chi connectivity index (χ1) is 9.49. The number of benzene rings is 1. The van der Waals surface area contributed by atoms with Crippen LogP contribution in [-0.2, 0) is 9.59 Å². The standard InChI is InChI=1S/C15H20N2O3/c1-11-9-16(13-6-4-3-5-7-13)10-14(8-15(19)20)17(11)12(2)18/h3-7,11,14H,8-10H2,1-2H3,(H,19,20)/t11-,14-/m1/s1. The van der Waals surface area contributed by atoms with E-state index in [-0.39, 0.29) is 24.4 Å². The van der Waals surface area contributed by atoms with Gasteiger partial charge in [0.25, 0.3) is 0 Å². The van der Waals surface area contributed by atoms with Crippen molar-refractivity contribution in [1.29, 1.82) is 0 Å². The van der Waals surface area contributed by atoms with E-state index in [9.17, 15) is 9.59 Å². The quantitative estimate of drug-likeness (QED) is 0.910. The fourth-order valence-corrected chi connectivity index (χ4v) is 2.97. The molecule has 1 fully saturated rings. The topological polar surface area (TPSA) is 60.9 Å². The molecule has 0 aromatic heterocycles. The summed E-state index contributed by atoms with van der Waals surface area (Å²) in [6.07, 6.45) is -0.0206. The highest BCUT2D eigenvalue weighted by atomic mass is 16.4. The summed E-state index contributed by atoms with van der Waals surface area (Å²) < 4.78 is 0. The molecule has 1 aromatic carbocycles. The van der Waals surface area contributed by atoms with E-state index in [2.05, 4.69) is 4.90 Å². The molecule has 5 nitrogen and oxygen atoms in total. The molecule has 2 atom stereocenters. The van der Waals surface area contributed by atoms with Gasteiger partial charge in [-0.25, -0.2) is 0 Å². The van der Waals surface area contributed by atoms with Gasteiger partial charge in [-0.3, -0.25) is 9.59 Å². The lowest BCUT2D eigenvalue weighted by molar-refractivity contribution is -0.141. The minimum Gasteiger partial charge on any atom is -0.481 e. The number of nitrogens with zero attached hydrogens (tertiary/aromatic N) is 2. The molecule has 1 N–H and O–H groups in total. The van der Waals surface area contributed by atoms with Crippen LogP contribution in [0.4, 0.5) is 5.69 Å². The lowest BCUT2D eigenvalue weighted by Crippen LogP contribution is -2.59. The van der Waals surface area contributed by atoms with Gasteiger partial charge >= 0.3 is 5.97 Å². The number of hydrogen-bond acceptors (Lipinski definition) is 3. The molecule has 1 amide bonds. The van der Waals surface area contributed by atoms with Crippen LogP contribution in [0.1, 0.15) is 20.3 Å². The van der Waals surface area contributed by atoms with Crippen molar-refractivity contribution in [3.05, 3.63) is 30.3 Å². The Hall–Kier alpha value is -2.04. The highest BCUT2D eigenvalue weighted by Gasteiger charge is 2.34. The maximum absolute atomic E-state index is 11.8. The van der Waals surface area contributed by atoms with E-state index in [0.29, 0.717) is 6.54 Å². The normalized spacial score (nSPS) is 22.7. The molecule has 1 aliphatic heterocycles. The van der Waals surface area contributed by atoms with Gasteiger partial charge in [-0.15, -0.1) is 0 Å². The van der Waals surface area contributed by atoms with Crippen LogP contribution in [-0.4, -0.2) is 47.1 Å². The van der Waals surface area contributed by atoms with Crippen molar-refractivity contribution in [2.24, 2.45) is 0 Å². The van der Waals surface area contributed by atoms with Gasteiger partial charge < -0.3 is 14.9 Å². The smallest absolute Gasteiger partial charge is 0.305 e. The average Bonchev–Trinajstić information content (AvgIpc) is 2.38. The van der Waals surface area contributed by atoms with Crippen LogP contribution in [0.3, 0.4) is 0 Å². The molecule has 1 aromatic rings. The monoisotopic (exact) mass is 276 g/mol. The molecule has 1 heterocycles. The van der Waals surface area contributed by atoms with E-state index in [1.54, 1.807) is 4.90 Å². The van der Waals surface area contributed by atoms with Gasteiger partial charge in [0.15, 0.2) is 0 Å². The fourth-order valence-electron chi connectivity index (χ4n) is 2.97. The molecule has 5 heteroatoms. The highest BCUT2D eigenvalue weighted by molar-refractivity contribution is 5.76. The van der Waals surface area contributed by atoms with E-state index >= 15 is 0 Å². The summed E-state index contributed by atoms with van der Waals surface area (Å²) in [4.78, 5) is 26.6. The fraction of sp³-hybridized carbons (Fsp3) is 0.467. The minimum absolute atomic E-state index is 0.00538. The largest absolute Gasteiger partial charge is 0.481 e. The Labute approximate surface area is 118 Å². The third kappa shape index (κ3) is 3.10. The summed E-state index contributed by atoms with van der Waals surface area (Å²) in [6, 6.07) is 9.61. The molecule has 108 valence electrons. The summed E-state index contributed by atoms with van der Waals surface area (Å²) in [5, 5.41) is 9.05. The molecule has 0 bridgehead atoms. The molecule has 0 radical (unpaired) electrons. The Morgan fingerprint density at radius 3 is 2.45 bits per heavy atom. The van der Waals surface area contributed by atoms with Crippen molar-refractivity contribution < 1.29 is 14.7 Å². The van der Waals surface area contributed by atoms with E-state index < -0.39 is 5.97 Å². The van der Waals surface area contributed by atoms with Gasteiger partial charge in [0, 0.05) is 31.7 Å². The first-order valence-corrected chi connectivity index (χ1v) is 6.79. The summed E-state index contributed by atoms with van der Waals surface area (Å²) >= 11 is 0. The number of carbonyl (C=O) groups is 2. The van der Waals surface area contributed by atoms with Crippen molar-refractivity contribution in [3.8, 4) is 0 Å². The average molecular weight is 276 g/mol. The van der Waals surface area contributed by atoms with Crippen LogP contribution in [0.2, 0.25) is 0 Å². The van der Waals surface area contributed by atoms with Crippen LogP contribution >= 0.6 is 0 Å². The van der Waals surface area contributed by atoms with E-state index in [0.717, 1.165) is 12.2 Å². The van der Waals surface area contributed by atoms with Crippen LogP contribution in [0, 0.1) is 0 Å². The van der Waals surface area contributed by atoms with E-state index in [1.807, 2.05) is 37.3 Å². The number of rotatable bonds is 3.